The van der Waals surface area contributed by atoms with Crippen LogP contribution in [0.2, 0.25) is 0 Å². The monoisotopic (exact) mass is 422 g/mol. The molecule has 0 bridgehead atoms. The molecular formula is C23H23FN4O3. The number of nitrogens with one attached hydrogen (secondary N) is 1. The molecule has 0 radical (unpaired) electrons. The van der Waals surface area contributed by atoms with Gasteiger partial charge >= 0.3 is 0 Å². The second-order valence-corrected chi connectivity index (χ2v) is 7.30. The Morgan fingerprint density at radius 1 is 1.23 bits per heavy atom. The Hall–Kier alpha value is -3.52. The van der Waals surface area contributed by atoms with Crippen LogP contribution in [0.4, 0.5) is 10.1 Å². The predicted molar refractivity (Wildman–Crippen MR) is 115 cm³/mol. The van der Waals surface area contributed by atoms with E-state index in [2.05, 4.69) is 20.0 Å². The Balaban J connectivity index is 1.35. The molecule has 4 aromatic rings. The smallest absolute Gasteiger partial charge is 0.227 e. The van der Waals surface area contributed by atoms with Gasteiger partial charge in [-0.1, -0.05) is 5.16 Å². The largest absolute Gasteiger partial charge is 0.383 e. The van der Waals surface area contributed by atoms with Crippen LogP contribution in [0.5, 0.6) is 0 Å². The molecule has 7 nitrogen and oxygen atoms in total. The van der Waals surface area contributed by atoms with E-state index in [1.807, 2.05) is 30.5 Å². The molecule has 160 valence electrons. The number of carbonyl (C=O) groups is 1. The molecule has 0 atom stereocenters. The fourth-order valence-corrected chi connectivity index (χ4v) is 3.36. The number of aromatic nitrogens is 3. The van der Waals surface area contributed by atoms with Gasteiger partial charge in [-0.3, -0.25) is 4.79 Å². The van der Waals surface area contributed by atoms with Crippen LogP contribution in [0.3, 0.4) is 0 Å². The third kappa shape index (κ3) is 4.80. The second kappa shape index (κ2) is 9.09. The van der Waals surface area contributed by atoms with Crippen LogP contribution in [0, 0.1) is 12.7 Å². The number of hydrogen-bond donors (Lipinski definition) is 1. The summed E-state index contributed by atoms with van der Waals surface area (Å²) < 4.78 is 25.9. The van der Waals surface area contributed by atoms with Crippen molar-refractivity contribution in [1.82, 2.24) is 14.7 Å². The maximum Gasteiger partial charge on any atom is 0.227 e. The van der Waals surface area contributed by atoms with Gasteiger partial charge in [0, 0.05) is 54.8 Å². The zero-order chi connectivity index (χ0) is 21.8. The Morgan fingerprint density at radius 2 is 2.10 bits per heavy atom. The third-order valence-corrected chi connectivity index (χ3v) is 5.04. The van der Waals surface area contributed by atoms with Crippen molar-refractivity contribution in [3.8, 4) is 11.4 Å². The van der Waals surface area contributed by atoms with Crippen LogP contribution in [0.1, 0.15) is 17.9 Å². The first-order valence-corrected chi connectivity index (χ1v) is 10.0. The van der Waals surface area contributed by atoms with E-state index in [0.717, 1.165) is 23.1 Å². The predicted octanol–water partition coefficient (Wildman–Crippen LogP) is 4.36. The third-order valence-electron chi connectivity index (χ3n) is 5.04. The molecule has 4 rings (SSSR count). The highest BCUT2D eigenvalue weighted by Gasteiger charge is 2.12. The Morgan fingerprint density at radius 3 is 2.90 bits per heavy atom. The van der Waals surface area contributed by atoms with E-state index in [9.17, 15) is 9.18 Å². The summed E-state index contributed by atoms with van der Waals surface area (Å²) in [6.45, 7) is 3.09. The van der Waals surface area contributed by atoms with E-state index in [1.165, 1.54) is 6.07 Å². The summed E-state index contributed by atoms with van der Waals surface area (Å²) in [7, 11) is 1.68. The molecule has 0 spiro atoms. The lowest BCUT2D eigenvalue weighted by atomic mass is 10.1. The van der Waals surface area contributed by atoms with Crippen LogP contribution in [-0.2, 0) is 22.5 Å². The second-order valence-electron chi connectivity index (χ2n) is 7.30. The zero-order valence-electron chi connectivity index (χ0n) is 17.4. The number of fused-ring (bicyclic) bond motifs is 1. The molecule has 0 aliphatic heterocycles. The summed E-state index contributed by atoms with van der Waals surface area (Å²) in [6.07, 6.45) is 2.52. The Kier molecular flexibility index (Phi) is 6.08. The molecule has 2 aromatic carbocycles. The molecule has 1 amide bonds. The minimum absolute atomic E-state index is 0.143. The van der Waals surface area contributed by atoms with Gasteiger partial charge in [-0.15, -0.1) is 0 Å². The molecule has 0 fully saturated rings. The quantitative estimate of drug-likeness (QED) is 0.456. The van der Waals surface area contributed by atoms with Crippen molar-refractivity contribution < 1.29 is 18.4 Å². The minimum Gasteiger partial charge on any atom is -0.383 e. The van der Waals surface area contributed by atoms with Crippen molar-refractivity contribution in [2.45, 2.75) is 26.3 Å². The number of halogens is 1. The molecule has 0 saturated carbocycles. The van der Waals surface area contributed by atoms with Crippen LogP contribution in [0.25, 0.3) is 22.3 Å². The number of carbonyl (C=O) groups excluding carboxylic acids is 1. The molecule has 8 heteroatoms. The van der Waals surface area contributed by atoms with Crippen molar-refractivity contribution >= 4 is 22.5 Å². The summed E-state index contributed by atoms with van der Waals surface area (Å²) in [6, 6.07) is 12.4. The normalized spacial score (nSPS) is 11.2. The van der Waals surface area contributed by atoms with Gasteiger partial charge in [-0.05, 0) is 55.0 Å². The van der Waals surface area contributed by atoms with Crippen LogP contribution < -0.4 is 5.32 Å². The van der Waals surface area contributed by atoms with Gasteiger partial charge in [0.1, 0.15) is 5.82 Å². The topological polar surface area (TPSA) is 82.2 Å². The number of hydrogen-bond acceptors (Lipinski definition) is 5. The summed E-state index contributed by atoms with van der Waals surface area (Å²) in [4.78, 5) is 16.7. The van der Waals surface area contributed by atoms with E-state index in [4.69, 9.17) is 9.26 Å². The highest BCUT2D eigenvalue weighted by atomic mass is 19.1. The first kappa shape index (κ1) is 20.7. The van der Waals surface area contributed by atoms with Crippen molar-refractivity contribution in [1.29, 1.82) is 0 Å². The van der Waals surface area contributed by atoms with Crippen molar-refractivity contribution in [2.75, 3.05) is 19.0 Å². The average molecular weight is 422 g/mol. The summed E-state index contributed by atoms with van der Waals surface area (Å²) >= 11 is 0. The van der Waals surface area contributed by atoms with E-state index >= 15 is 0 Å². The Bertz CT molecular complexity index is 1210. The van der Waals surface area contributed by atoms with Gasteiger partial charge in [0.15, 0.2) is 0 Å². The molecule has 0 saturated heterocycles. The standard InChI is InChI=1S/C23H23FN4O3/c1-15-13-17(3-5-19(15)24)23-26-22(31-27-23)8-7-21(29)25-18-4-6-20-16(14-18)9-10-28(20)11-12-30-2/h3-6,9-10,13-14H,7-8,11-12H2,1-2H3,(H,25,29). The number of ether oxygens (including phenoxy) is 1. The van der Waals surface area contributed by atoms with E-state index in [-0.39, 0.29) is 18.1 Å². The molecule has 2 aromatic heterocycles. The molecule has 0 aliphatic rings. The lowest BCUT2D eigenvalue weighted by Crippen LogP contribution is -2.12. The average Bonchev–Trinajstić information content (AvgIpc) is 3.39. The number of benzene rings is 2. The van der Waals surface area contributed by atoms with E-state index in [0.29, 0.717) is 35.9 Å². The van der Waals surface area contributed by atoms with E-state index in [1.54, 1.807) is 26.2 Å². The van der Waals surface area contributed by atoms with Crippen molar-refractivity contribution in [2.24, 2.45) is 0 Å². The lowest BCUT2D eigenvalue weighted by molar-refractivity contribution is -0.116. The number of amides is 1. The van der Waals surface area contributed by atoms with Gasteiger partial charge in [0.2, 0.25) is 17.6 Å². The zero-order valence-corrected chi connectivity index (χ0v) is 17.4. The van der Waals surface area contributed by atoms with Gasteiger partial charge in [-0.25, -0.2) is 4.39 Å². The number of nitrogens with zero attached hydrogens (tertiary/aromatic N) is 3. The number of aryl methyl sites for hydroxylation is 2. The van der Waals surface area contributed by atoms with Gasteiger partial charge in [0.05, 0.1) is 6.61 Å². The minimum atomic E-state index is -0.283. The van der Waals surface area contributed by atoms with Crippen LogP contribution in [0.15, 0.2) is 53.2 Å². The van der Waals surface area contributed by atoms with Gasteiger partial charge < -0.3 is 19.1 Å². The summed E-state index contributed by atoms with van der Waals surface area (Å²) in [5.74, 6) is 0.309. The van der Waals surface area contributed by atoms with E-state index < -0.39 is 0 Å². The van der Waals surface area contributed by atoms with Crippen molar-refractivity contribution in [3.05, 3.63) is 65.9 Å². The first-order chi connectivity index (χ1) is 15.0. The van der Waals surface area contributed by atoms with Crippen molar-refractivity contribution in [3.63, 3.8) is 0 Å². The highest BCUT2D eigenvalue weighted by Crippen LogP contribution is 2.22. The SMILES string of the molecule is COCCn1ccc2cc(NC(=O)CCc3nc(-c4ccc(F)c(C)c4)no3)ccc21. The fraction of sp³-hybridized carbons (Fsp3) is 0.261. The van der Waals surface area contributed by atoms with Gasteiger partial charge in [0.25, 0.3) is 0 Å². The molecule has 0 aliphatic carbocycles. The maximum atomic E-state index is 13.4. The van der Waals surface area contributed by atoms with Crippen LogP contribution >= 0.6 is 0 Å². The van der Waals surface area contributed by atoms with Gasteiger partial charge in [-0.2, -0.15) is 4.98 Å². The number of methoxy groups -OCH3 is 1. The molecule has 31 heavy (non-hydrogen) atoms. The highest BCUT2D eigenvalue weighted by molar-refractivity contribution is 5.94. The number of anilines is 1. The number of rotatable bonds is 8. The molecular weight excluding hydrogens is 399 g/mol. The fourth-order valence-electron chi connectivity index (χ4n) is 3.36. The molecule has 0 unspecified atom stereocenters. The lowest BCUT2D eigenvalue weighted by Gasteiger charge is -2.07. The summed E-state index contributed by atoms with van der Waals surface area (Å²) in [5, 5.41) is 7.88. The maximum absolute atomic E-state index is 13.4. The first-order valence-electron chi connectivity index (χ1n) is 10.0. The van der Waals surface area contributed by atoms with Crippen LogP contribution in [-0.4, -0.2) is 34.3 Å². The Labute approximate surface area is 178 Å². The molecule has 2 heterocycles. The molecule has 1 N–H and O–H groups in total. The summed E-state index contributed by atoms with van der Waals surface area (Å²) in [5.41, 5.74) is 3.00.